The van der Waals surface area contributed by atoms with Gasteiger partial charge in [-0.1, -0.05) is 70.2 Å². The number of carbonyl (C=O) groups excluding carboxylic acids is 2. The van der Waals surface area contributed by atoms with E-state index in [0.29, 0.717) is 39.0 Å². The number of nitrogens with zero attached hydrogens (tertiary/aromatic N) is 1. The highest BCUT2D eigenvalue weighted by atomic mass is 79.9. The zero-order valence-corrected chi connectivity index (χ0v) is 23.2. The molecule has 1 aliphatic heterocycles. The highest BCUT2D eigenvalue weighted by Gasteiger charge is 2.35. The van der Waals surface area contributed by atoms with E-state index in [9.17, 15) is 14.9 Å². The number of halogens is 1. The van der Waals surface area contributed by atoms with Gasteiger partial charge in [-0.05, 0) is 48.9 Å². The molecular formula is C29H25BrN4O3S. The van der Waals surface area contributed by atoms with Crippen molar-refractivity contribution in [3.8, 4) is 11.8 Å². The molecule has 3 aromatic carbocycles. The Labute approximate surface area is 234 Å². The van der Waals surface area contributed by atoms with Crippen LogP contribution in [0.4, 0.5) is 11.4 Å². The number of carbonyl (C=O) groups is 2. The molecule has 0 radical (unpaired) electrons. The molecule has 9 heteroatoms. The van der Waals surface area contributed by atoms with Gasteiger partial charge in [-0.2, -0.15) is 5.26 Å². The van der Waals surface area contributed by atoms with Crippen molar-refractivity contribution in [2.45, 2.75) is 12.8 Å². The van der Waals surface area contributed by atoms with Crippen LogP contribution in [0.1, 0.15) is 18.4 Å². The van der Waals surface area contributed by atoms with Crippen LogP contribution in [0.25, 0.3) is 0 Å². The Morgan fingerprint density at radius 1 is 1.03 bits per heavy atom. The molecule has 2 amide bonds. The number of dihydropyridines is 1. The Hall–Kier alpha value is -4.00. The van der Waals surface area contributed by atoms with Gasteiger partial charge in [-0.25, -0.2) is 0 Å². The molecule has 0 spiro atoms. The van der Waals surface area contributed by atoms with Crippen molar-refractivity contribution in [3.05, 3.63) is 111 Å². The molecule has 38 heavy (non-hydrogen) atoms. The number of para-hydroxylation sites is 2. The largest absolute Gasteiger partial charge is 0.495 e. The number of nitrogens with one attached hydrogen (secondary N) is 3. The van der Waals surface area contributed by atoms with Gasteiger partial charge in [0.05, 0.1) is 41.1 Å². The highest BCUT2D eigenvalue weighted by molar-refractivity contribution is 9.10. The summed E-state index contributed by atoms with van der Waals surface area (Å²) in [6.45, 7) is 1.80. The van der Waals surface area contributed by atoms with Crippen LogP contribution in [-0.2, 0) is 9.59 Å². The first-order chi connectivity index (χ1) is 18.4. The number of methoxy groups -OCH3 is 1. The molecule has 1 heterocycles. The molecule has 0 fully saturated rings. The Morgan fingerprint density at radius 2 is 1.71 bits per heavy atom. The first-order valence-electron chi connectivity index (χ1n) is 11.7. The lowest BCUT2D eigenvalue weighted by molar-refractivity contribution is -0.114. The van der Waals surface area contributed by atoms with E-state index in [4.69, 9.17) is 4.74 Å². The fourth-order valence-electron chi connectivity index (χ4n) is 4.11. The van der Waals surface area contributed by atoms with Crippen LogP contribution in [-0.4, -0.2) is 24.7 Å². The smallest absolute Gasteiger partial charge is 0.254 e. The molecule has 0 bridgehead atoms. The molecule has 4 rings (SSSR count). The third-order valence-corrected chi connectivity index (χ3v) is 7.40. The molecule has 0 saturated heterocycles. The Bertz CT molecular complexity index is 1450. The van der Waals surface area contributed by atoms with Crippen LogP contribution in [0.15, 0.2) is 105 Å². The van der Waals surface area contributed by atoms with E-state index >= 15 is 0 Å². The number of ether oxygens (including phenoxy) is 1. The number of thioether (sulfide) groups is 1. The lowest BCUT2D eigenvalue weighted by Gasteiger charge is -2.30. The number of benzene rings is 3. The SMILES string of the molecule is COc1ccccc1NC(=O)C1=C(C)NC(SCC(=O)Nc2ccc(Br)cc2)=C(C#N)C1c1ccccc1. The minimum absolute atomic E-state index is 0.0844. The van der Waals surface area contributed by atoms with Crippen molar-refractivity contribution >= 4 is 50.9 Å². The summed E-state index contributed by atoms with van der Waals surface area (Å²) in [5, 5.41) is 19.8. The van der Waals surface area contributed by atoms with Crippen molar-refractivity contribution in [1.82, 2.24) is 5.32 Å². The molecule has 0 saturated carbocycles. The van der Waals surface area contributed by atoms with E-state index < -0.39 is 5.92 Å². The van der Waals surface area contributed by atoms with Crippen LogP contribution >= 0.6 is 27.7 Å². The summed E-state index contributed by atoms with van der Waals surface area (Å²) in [6.07, 6.45) is 0. The average molecular weight is 590 g/mol. The number of rotatable bonds is 8. The molecule has 1 atom stereocenters. The monoisotopic (exact) mass is 588 g/mol. The quantitative estimate of drug-likeness (QED) is 0.291. The van der Waals surface area contributed by atoms with Crippen molar-refractivity contribution in [2.24, 2.45) is 0 Å². The summed E-state index contributed by atoms with van der Waals surface area (Å²) >= 11 is 4.60. The number of nitriles is 1. The number of hydrogen-bond donors (Lipinski definition) is 3. The predicted molar refractivity (Wildman–Crippen MR) is 155 cm³/mol. The van der Waals surface area contributed by atoms with Crippen molar-refractivity contribution < 1.29 is 14.3 Å². The zero-order chi connectivity index (χ0) is 27.1. The number of anilines is 2. The van der Waals surface area contributed by atoms with Gasteiger partial charge in [0.25, 0.3) is 5.91 Å². The van der Waals surface area contributed by atoms with Crippen LogP contribution < -0.4 is 20.7 Å². The second kappa shape index (κ2) is 12.5. The summed E-state index contributed by atoms with van der Waals surface area (Å²) in [7, 11) is 1.54. The first kappa shape index (κ1) is 27.0. The standard InChI is InChI=1S/C29H25BrN4O3S/c1-18-26(28(36)34-23-10-6-7-11-24(23)37-2)27(19-8-4-3-5-9-19)22(16-31)29(32-18)38-17-25(35)33-21-14-12-20(30)13-15-21/h3-15,27,32H,17H2,1-2H3,(H,33,35)(H,34,36). The van der Waals surface area contributed by atoms with E-state index in [1.807, 2.05) is 54.6 Å². The van der Waals surface area contributed by atoms with E-state index in [1.54, 1.807) is 31.2 Å². The van der Waals surface area contributed by atoms with Gasteiger partial charge >= 0.3 is 0 Å². The average Bonchev–Trinajstić information content (AvgIpc) is 2.93. The second-order valence-electron chi connectivity index (χ2n) is 8.36. The molecular weight excluding hydrogens is 564 g/mol. The van der Waals surface area contributed by atoms with Crippen LogP contribution in [0.5, 0.6) is 5.75 Å². The molecule has 0 aliphatic carbocycles. The molecule has 0 aromatic heterocycles. The van der Waals surface area contributed by atoms with Gasteiger partial charge in [-0.3, -0.25) is 9.59 Å². The lowest BCUT2D eigenvalue weighted by atomic mass is 9.82. The normalized spacial score (nSPS) is 14.8. The third-order valence-electron chi connectivity index (χ3n) is 5.86. The van der Waals surface area contributed by atoms with E-state index in [2.05, 4.69) is 37.9 Å². The van der Waals surface area contributed by atoms with E-state index in [-0.39, 0.29) is 17.6 Å². The molecule has 3 N–H and O–H groups in total. The summed E-state index contributed by atoms with van der Waals surface area (Å²) in [4.78, 5) is 26.3. The van der Waals surface area contributed by atoms with E-state index in [0.717, 1.165) is 10.0 Å². The Morgan fingerprint density at radius 3 is 2.39 bits per heavy atom. The van der Waals surface area contributed by atoms with Gasteiger partial charge in [0.15, 0.2) is 0 Å². The summed E-state index contributed by atoms with van der Waals surface area (Å²) < 4.78 is 6.30. The molecule has 7 nitrogen and oxygen atoms in total. The second-order valence-corrected chi connectivity index (χ2v) is 10.3. The Balaban J connectivity index is 1.61. The van der Waals surface area contributed by atoms with Crippen LogP contribution in [0, 0.1) is 11.3 Å². The topological polar surface area (TPSA) is 103 Å². The van der Waals surface area contributed by atoms with Crippen LogP contribution in [0.3, 0.4) is 0 Å². The molecule has 1 aliphatic rings. The fraction of sp³-hybridized carbons (Fsp3) is 0.138. The lowest BCUT2D eigenvalue weighted by Crippen LogP contribution is -2.31. The fourth-order valence-corrected chi connectivity index (χ4v) is 5.27. The first-order valence-corrected chi connectivity index (χ1v) is 13.5. The maximum absolute atomic E-state index is 13.6. The maximum atomic E-state index is 13.6. The molecule has 192 valence electrons. The van der Waals surface area contributed by atoms with Gasteiger partial charge in [0, 0.05) is 21.4 Å². The number of hydrogen-bond acceptors (Lipinski definition) is 6. The molecule has 3 aromatic rings. The number of amides is 2. The summed E-state index contributed by atoms with van der Waals surface area (Å²) in [5.74, 6) is -0.557. The minimum atomic E-state index is -0.616. The van der Waals surface area contributed by atoms with Gasteiger partial charge in [0.2, 0.25) is 5.91 Å². The predicted octanol–water partition coefficient (Wildman–Crippen LogP) is 6.16. The number of allylic oxidation sites excluding steroid dienone is 2. The van der Waals surface area contributed by atoms with E-state index in [1.165, 1.54) is 18.9 Å². The minimum Gasteiger partial charge on any atom is -0.495 e. The summed E-state index contributed by atoms with van der Waals surface area (Å²) in [6, 6.07) is 26.1. The highest BCUT2D eigenvalue weighted by Crippen LogP contribution is 2.41. The summed E-state index contributed by atoms with van der Waals surface area (Å²) in [5.41, 5.74) is 3.39. The van der Waals surface area contributed by atoms with Crippen molar-refractivity contribution in [1.29, 1.82) is 5.26 Å². The van der Waals surface area contributed by atoms with Crippen LogP contribution in [0.2, 0.25) is 0 Å². The van der Waals surface area contributed by atoms with Crippen molar-refractivity contribution in [3.63, 3.8) is 0 Å². The van der Waals surface area contributed by atoms with Gasteiger partial charge in [0.1, 0.15) is 5.75 Å². The van der Waals surface area contributed by atoms with Crippen molar-refractivity contribution in [2.75, 3.05) is 23.5 Å². The Kier molecular flexibility index (Phi) is 8.89. The third kappa shape index (κ3) is 6.28. The van der Waals surface area contributed by atoms with Gasteiger partial charge < -0.3 is 20.7 Å². The molecule has 1 unspecified atom stereocenters. The maximum Gasteiger partial charge on any atom is 0.254 e. The zero-order valence-electron chi connectivity index (χ0n) is 20.7. The van der Waals surface area contributed by atoms with Gasteiger partial charge in [-0.15, -0.1) is 0 Å².